The molecule has 1 aliphatic carbocycles. The van der Waals surface area contributed by atoms with Crippen LogP contribution in [0.1, 0.15) is 47.0 Å². The van der Waals surface area contributed by atoms with Gasteiger partial charge in [0.2, 0.25) is 5.91 Å². The summed E-state index contributed by atoms with van der Waals surface area (Å²) < 4.78 is 5.83. The third kappa shape index (κ3) is 4.25. The van der Waals surface area contributed by atoms with Crippen LogP contribution in [0.25, 0.3) is 0 Å². The molecule has 0 spiro atoms. The Balaban J connectivity index is 1.58. The van der Waals surface area contributed by atoms with Crippen molar-refractivity contribution in [2.75, 3.05) is 26.2 Å². The van der Waals surface area contributed by atoms with E-state index in [1.165, 1.54) is 12.8 Å². The van der Waals surface area contributed by atoms with Crippen molar-refractivity contribution in [2.45, 2.75) is 77.3 Å². The summed E-state index contributed by atoms with van der Waals surface area (Å²) in [5.74, 6) is 0.525. The van der Waals surface area contributed by atoms with E-state index in [1.54, 1.807) is 0 Å². The van der Waals surface area contributed by atoms with E-state index in [4.69, 9.17) is 4.74 Å². The standard InChI is InChI=1S/C18H33N3O2/c1-12(2)17(21-9-13(3)23-14(4)10-21)18(22)19-15-7-8-20(11-15)16-5-6-16/h12-17H,5-11H2,1-4H3,(H,19,22)/t13-,14+,15-,17-/m0/s1. The lowest BCUT2D eigenvalue weighted by Crippen LogP contribution is -2.58. The summed E-state index contributed by atoms with van der Waals surface area (Å²) in [6, 6.07) is 1.10. The molecule has 3 aliphatic rings. The van der Waals surface area contributed by atoms with Crippen molar-refractivity contribution in [1.82, 2.24) is 15.1 Å². The second kappa shape index (κ2) is 7.08. The zero-order valence-electron chi connectivity index (χ0n) is 15.1. The van der Waals surface area contributed by atoms with Crippen molar-refractivity contribution in [3.8, 4) is 0 Å². The predicted molar refractivity (Wildman–Crippen MR) is 91.4 cm³/mol. The first-order valence-electron chi connectivity index (χ1n) is 9.38. The van der Waals surface area contributed by atoms with Gasteiger partial charge in [0.25, 0.3) is 0 Å². The molecular formula is C18H33N3O2. The lowest BCUT2D eigenvalue weighted by Gasteiger charge is -2.41. The molecule has 0 bridgehead atoms. The number of hydrogen-bond donors (Lipinski definition) is 1. The number of ether oxygens (including phenoxy) is 1. The van der Waals surface area contributed by atoms with Crippen LogP contribution >= 0.6 is 0 Å². The average molecular weight is 323 g/mol. The summed E-state index contributed by atoms with van der Waals surface area (Å²) in [6.45, 7) is 12.4. The van der Waals surface area contributed by atoms with E-state index in [-0.39, 0.29) is 24.2 Å². The number of rotatable bonds is 5. The zero-order chi connectivity index (χ0) is 16.6. The minimum Gasteiger partial charge on any atom is -0.373 e. The van der Waals surface area contributed by atoms with Crippen molar-refractivity contribution in [3.05, 3.63) is 0 Å². The highest BCUT2D eigenvalue weighted by atomic mass is 16.5. The van der Waals surface area contributed by atoms with E-state index in [1.807, 2.05) is 0 Å². The van der Waals surface area contributed by atoms with Crippen molar-refractivity contribution >= 4 is 5.91 Å². The monoisotopic (exact) mass is 323 g/mol. The maximum absolute atomic E-state index is 12.9. The van der Waals surface area contributed by atoms with Crippen LogP contribution in [-0.2, 0) is 9.53 Å². The minimum absolute atomic E-state index is 0.0428. The maximum atomic E-state index is 12.9. The molecule has 1 N–H and O–H groups in total. The molecular weight excluding hydrogens is 290 g/mol. The van der Waals surface area contributed by atoms with Crippen LogP contribution in [0.2, 0.25) is 0 Å². The molecule has 132 valence electrons. The molecule has 0 aromatic rings. The van der Waals surface area contributed by atoms with Gasteiger partial charge in [0.1, 0.15) is 0 Å². The summed E-state index contributed by atoms with van der Waals surface area (Å²) in [4.78, 5) is 17.8. The Morgan fingerprint density at radius 3 is 2.30 bits per heavy atom. The Labute approximate surface area is 140 Å². The highest BCUT2D eigenvalue weighted by molar-refractivity contribution is 5.82. The van der Waals surface area contributed by atoms with Gasteiger partial charge in [-0.3, -0.25) is 14.6 Å². The first-order chi connectivity index (χ1) is 10.9. The third-order valence-corrected chi connectivity index (χ3v) is 5.37. The second-order valence-electron chi connectivity index (χ2n) is 8.12. The van der Waals surface area contributed by atoms with Gasteiger partial charge in [-0.25, -0.2) is 0 Å². The Kier molecular flexibility index (Phi) is 5.29. The number of carbonyl (C=O) groups is 1. The van der Waals surface area contributed by atoms with E-state index in [2.05, 4.69) is 42.8 Å². The van der Waals surface area contributed by atoms with E-state index in [9.17, 15) is 4.79 Å². The molecule has 1 saturated carbocycles. The Hall–Kier alpha value is -0.650. The van der Waals surface area contributed by atoms with E-state index in [0.29, 0.717) is 12.0 Å². The Bertz CT molecular complexity index is 414. The number of morpholine rings is 1. The molecule has 0 radical (unpaired) electrons. The number of nitrogens with zero attached hydrogens (tertiary/aromatic N) is 2. The summed E-state index contributed by atoms with van der Waals surface area (Å²) in [5.41, 5.74) is 0. The molecule has 1 amide bonds. The molecule has 4 atom stereocenters. The lowest BCUT2D eigenvalue weighted by molar-refractivity contribution is -0.136. The van der Waals surface area contributed by atoms with Gasteiger partial charge in [-0.15, -0.1) is 0 Å². The predicted octanol–water partition coefficient (Wildman–Crippen LogP) is 1.47. The second-order valence-corrected chi connectivity index (χ2v) is 8.12. The molecule has 0 aromatic heterocycles. The SMILES string of the molecule is CC(C)[C@@H](C(=O)N[C@H]1CCN(C2CC2)C1)N1C[C@@H](C)O[C@@H](C)C1. The van der Waals surface area contributed by atoms with Crippen LogP contribution in [-0.4, -0.2) is 72.2 Å². The van der Waals surface area contributed by atoms with Crippen LogP contribution in [0.3, 0.4) is 0 Å². The van der Waals surface area contributed by atoms with Gasteiger partial charge in [0, 0.05) is 38.3 Å². The smallest absolute Gasteiger partial charge is 0.237 e. The largest absolute Gasteiger partial charge is 0.373 e. The molecule has 0 unspecified atom stereocenters. The number of hydrogen-bond acceptors (Lipinski definition) is 4. The molecule has 5 nitrogen and oxygen atoms in total. The summed E-state index contributed by atoms with van der Waals surface area (Å²) in [7, 11) is 0. The maximum Gasteiger partial charge on any atom is 0.237 e. The quantitative estimate of drug-likeness (QED) is 0.832. The van der Waals surface area contributed by atoms with Gasteiger partial charge in [-0.1, -0.05) is 13.8 Å². The fraction of sp³-hybridized carbons (Fsp3) is 0.944. The van der Waals surface area contributed by atoms with E-state index < -0.39 is 0 Å². The van der Waals surface area contributed by atoms with Gasteiger partial charge >= 0.3 is 0 Å². The van der Waals surface area contributed by atoms with Gasteiger partial charge in [-0.2, -0.15) is 0 Å². The minimum atomic E-state index is -0.0428. The van der Waals surface area contributed by atoms with Gasteiger partial charge in [0.15, 0.2) is 0 Å². The first kappa shape index (κ1) is 17.2. The molecule has 3 fully saturated rings. The highest BCUT2D eigenvalue weighted by Crippen LogP contribution is 2.30. The molecule has 2 heterocycles. The van der Waals surface area contributed by atoms with Crippen LogP contribution in [0.4, 0.5) is 0 Å². The van der Waals surface area contributed by atoms with Gasteiger partial charge in [-0.05, 0) is 39.0 Å². The fourth-order valence-corrected chi connectivity index (χ4v) is 4.30. The van der Waals surface area contributed by atoms with Crippen LogP contribution in [0, 0.1) is 5.92 Å². The number of likely N-dealkylation sites (tertiary alicyclic amines) is 1. The fourth-order valence-electron chi connectivity index (χ4n) is 4.30. The van der Waals surface area contributed by atoms with Crippen molar-refractivity contribution < 1.29 is 9.53 Å². The normalized spacial score (nSPS) is 34.7. The summed E-state index contributed by atoms with van der Waals surface area (Å²) in [6.07, 6.45) is 4.19. The topological polar surface area (TPSA) is 44.8 Å². The number of amides is 1. The molecule has 2 saturated heterocycles. The average Bonchev–Trinajstić information content (AvgIpc) is 3.18. The Morgan fingerprint density at radius 2 is 1.74 bits per heavy atom. The Morgan fingerprint density at radius 1 is 1.09 bits per heavy atom. The molecule has 5 heteroatoms. The molecule has 2 aliphatic heterocycles. The van der Waals surface area contributed by atoms with Crippen LogP contribution in [0.15, 0.2) is 0 Å². The molecule has 23 heavy (non-hydrogen) atoms. The third-order valence-electron chi connectivity index (χ3n) is 5.37. The molecule has 3 rings (SSSR count). The van der Waals surface area contributed by atoms with Gasteiger partial charge in [0.05, 0.1) is 18.2 Å². The lowest BCUT2D eigenvalue weighted by atomic mass is 9.99. The first-order valence-corrected chi connectivity index (χ1v) is 9.38. The number of nitrogens with one attached hydrogen (secondary N) is 1. The molecule has 0 aromatic carbocycles. The van der Waals surface area contributed by atoms with Crippen molar-refractivity contribution in [2.24, 2.45) is 5.92 Å². The van der Waals surface area contributed by atoms with E-state index >= 15 is 0 Å². The van der Waals surface area contributed by atoms with Crippen molar-refractivity contribution in [3.63, 3.8) is 0 Å². The van der Waals surface area contributed by atoms with Gasteiger partial charge < -0.3 is 10.1 Å². The summed E-state index contributed by atoms with van der Waals surface area (Å²) >= 11 is 0. The van der Waals surface area contributed by atoms with Crippen molar-refractivity contribution in [1.29, 1.82) is 0 Å². The van der Waals surface area contributed by atoms with Crippen LogP contribution < -0.4 is 5.32 Å². The van der Waals surface area contributed by atoms with Crippen LogP contribution in [0.5, 0.6) is 0 Å². The number of carbonyl (C=O) groups excluding carboxylic acids is 1. The zero-order valence-corrected chi connectivity index (χ0v) is 15.1. The highest BCUT2D eigenvalue weighted by Gasteiger charge is 2.38. The summed E-state index contributed by atoms with van der Waals surface area (Å²) in [5, 5.41) is 3.34. The van der Waals surface area contributed by atoms with E-state index in [0.717, 1.165) is 38.6 Å².